The second-order valence-electron chi connectivity index (χ2n) is 7.80. The van der Waals surface area contributed by atoms with Crippen LogP contribution < -0.4 is 30.2 Å². The number of nitrogens with two attached hydrogens (primary N) is 1. The van der Waals surface area contributed by atoms with E-state index in [4.69, 9.17) is 24.7 Å². The van der Waals surface area contributed by atoms with Crippen LogP contribution in [0.4, 0.5) is 0 Å². The third-order valence-electron chi connectivity index (χ3n) is 5.96. The predicted octanol–water partition coefficient (Wildman–Crippen LogP) is 3.45. The number of aromatic nitrogens is 1. The number of benzene rings is 2. The molecule has 1 aliphatic rings. The number of hydrogen-bond acceptors (Lipinski definition) is 7. The molecule has 8 heteroatoms. The van der Waals surface area contributed by atoms with Crippen LogP contribution in [0.1, 0.15) is 28.3 Å². The summed E-state index contributed by atoms with van der Waals surface area (Å²) in [7, 11) is 4.66. The topological polar surface area (TPSA) is 109 Å². The van der Waals surface area contributed by atoms with Crippen LogP contribution in [0, 0.1) is 18.3 Å². The third-order valence-corrected chi connectivity index (χ3v) is 5.96. The van der Waals surface area contributed by atoms with Gasteiger partial charge in [0.2, 0.25) is 5.88 Å². The number of pyridine rings is 1. The minimum absolute atomic E-state index is 0.0499. The lowest BCUT2D eigenvalue weighted by atomic mass is 9.83. The molecule has 1 unspecified atom stereocenters. The maximum atomic E-state index is 13.9. The van der Waals surface area contributed by atoms with E-state index >= 15 is 0 Å². The summed E-state index contributed by atoms with van der Waals surface area (Å²) in [6, 6.07) is 16.6. The van der Waals surface area contributed by atoms with Gasteiger partial charge >= 0.3 is 0 Å². The third kappa shape index (κ3) is 3.82. The molecule has 8 nitrogen and oxygen atoms in total. The van der Waals surface area contributed by atoms with Gasteiger partial charge in [-0.05, 0) is 31.2 Å². The lowest BCUT2D eigenvalue weighted by Gasteiger charge is -2.28. The fraction of sp³-hybridized carbons (Fsp3) is 0.231. The highest BCUT2D eigenvalue weighted by Crippen LogP contribution is 2.44. The van der Waals surface area contributed by atoms with Crippen molar-refractivity contribution in [2.24, 2.45) is 5.73 Å². The van der Waals surface area contributed by atoms with Gasteiger partial charge in [0.05, 0.1) is 39.4 Å². The number of nitriles is 1. The summed E-state index contributed by atoms with van der Waals surface area (Å²) in [4.78, 5) is 13.9. The molecule has 2 aromatic carbocycles. The quantitative estimate of drug-likeness (QED) is 0.601. The van der Waals surface area contributed by atoms with Gasteiger partial charge < -0.3 is 29.2 Å². The Bertz CT molecular complexity index is 1380. The molecule has 34 heavy (non-hydrogen) atoms. The van der Waals surface area contributed by atoms with Crippen LogP contribution in [0.15, 0.2) is 64.8 Å². The van der Waals surface area contributed by atoms with E-state index in [0.29, 0.717) is 39.8 Å². The molecule has 3 aromatic rings. The molecule has 174 valence electrons. The van der Waals surface area contributed by atoms with Crippen molar-refractivity contribution in [1.29, 1.82) is 5.26 Å². The van der Waals surface area contributed by atoms with Crippen molar-refractivity contribution in [1.82, 2.24) is 4.57 Å². The molecule has 0 radical (unpaired) electrons. The van der Waals surface area contributed by atoms with E-state index in [9.17, 15) is 10.1 Å². The molecule has 4 rings (SSSR count). The first kappa shape index (κ1) is 22.8. The maximum Gasteiger partial charge on any atom is 0.259 e. The second-order valence-corrected chi connectivity index (χ2v) is 7.80. The van der Waals surface area contributed by atoms with Crippen molar-refractivity contribution in [3.05, 3.63) is 92.7 Å². The van der Waals surface area contributed by atoms with E-state index in [1.165, 1.54) is 7.11 Å². The monoisotopic (exact) mass is 459 g/mol. The van der Waals surface area contributed by atoms with E-state index in [2.05, 4.69) is 6.07 Å². The minimum atomic E-state index is -0.796. The molecule has 1 aliphatic heterocycles. The van der Waals surface area contributed by atoms with Gasteiger partial charge in [0, 0.05) is 22.9 Å². The van der Waals surface area contributed by atoms with Crippen molar-refractivity contribution in [3.63, 3.8) is 0 Å². The summed E-state index contributed by atoms with van der Waals surface area (Å²) < 4.78 is 23.8. The molecule has 0 saturated carbocycles. The summed E-state index contributed by atoms with van der Waals surface area (Å²) in [6.07, 6.45) is 0. The van der Waals surface area contributed by atoms with E-state index in [0.717, 1.165) is 5.56 Å². The summed E-state index contributed by atoms with van der Waals surface area (Å²) in [5.41, 5.74) is 8.37. The lowest BCUT2D eigenvalue weighted by molar-refractivity contribution is 0.379. The van der Waals surface area contributed by atoms with Crippen LogP contribution in [0.2, 0.25) is 0 Å². The van der Waals surface area contributed by atoms with Gasteiger partial charge in [0.1, 0.15) is 34.6 Å². The Labute approximate surface area is 197 Å². The normalized spacial score (nSPS) is 14.6. The van der Waals surface area contributed by atoms with E-state index in [1.54, 1.807) is 43.1 Å². The van der Waals surface area contributed by atoms with Gasteiger partial charge in [0.15, 0.2) is 0 Å². The smallest absolute Gasteiger partial charge is 0.259 e. The van der Waals surface area contributed by atoms with Crippen LogP contribution >= 0.6 is 0 Å². The van der Waals surface area contributed by atoms with Gasteiger partial charge in [0.25, 0.3) is 5.56 Å². The number of para-hydroxylation sites is 1. The molecule has 1 aromatic heterocycles. The predicted molar refractivity (Wildman–Crippen MR) is 126 cm³/mol. The van der Waals surface area contributed by atoms with Gasteiger partial charge in [-0.25, -0.2) is 0 Å². The van der Waals surface area contributed by atoms with Gasteiger partial charge in [-0.2, -0.15) is 5.26 Å². The average Bonchev–Trinajstić information content (AvgIpc) is 2.85. The minimum Gasteiger partial charge on any atom is -0.497 e. The zero-order chi connectivity index (χ0) is 24.4. The zero-order valence-electron chi connectivity index (χ0n) is 19.4. The first-order valence-corrected chi connectivity index (χ1v) is 10.6. The molecule has 0 bridgehead atoms. The Kier molecular flexibility index (Phi) is 6.19. The number of fused-ring (bicyclic) bond motifs is 1. The highest BCUT2D eigenvalue weighted by atomic mass is 16.5. The van der Waals surface area contributed by atoms with E-state index < -0.39 is 5.92 Å². The summed E-state index contributed by atoms with van der Waals surface area (Å²) in [6.45, 7) is 2.10. The van der Waals surface area contributed by atoms with E-state index in [-0.39, 0.29) is 23.6 Å². The molecule has 2 heterocycles. The van der Waals surface area contributed by atoms with Crippen LogP contribution in [-0.2, 0) is 6.54 Å². The SMILES string of the molecule is COc1ccc(OC)c(C2C(C#N)=C(N)Oc3cc(C)n(Cc4ccccc4OC)c(=O)c32)c1. The molecule has 2 N–H and O–H groups in total. The molecular weight excluding hydrogens is 434 g/mol. The zero-order valence-corrected chi connectivity index (χ0v) is 19.4. The molecular formula is C26H25N3O5. The highest BCUT2D eigenvalue weighted by molar-refractivity contribution is 5.59. The summed E-state index contributed by atoms with van der Waals surface area (Å²) in [5, 5.41) is 9.96. The van der Waals surface area contributed by atoms with E-state index in [1.807, 2.05) is 31.2 Å². The van der Waals surface area contributed by atoms with Crippen molar-refractivity contribution in [2.75, 3.05) is 21.3 Å². The standard InChI is InChI=1S/C26H25N3O5/c1-15-11-22-24(26(30)29(15)14-16-7-5-6-8-20(16)32-3)23(19(13-27)25(28)34-22)18-12-17(31-2)9-10-21(18)33-4/h5-12,23H,14,28H2,1-4H3. The molecule has 0 spiro atoms. The fourth-order valence-electron chi connectivity index (χ4n) is 4.26. The van der Waals surface area contributed by atoms with Gasteiger partial charge in [-0.15, -0.1) is 0 Å². The Morgan fingerprint density at radius 1 is 1.06 bits per heavy atom. The molecule has 0 aliphatic carbocycles. The average molecular weight is 460 g/mol. The van der Waals surface area contributed by atoms with Crippen LogP contribution in [0.25, 0.3) is 0 Å². The van der Waals surface area contributed by atoms with Crippen molar-refractivity contribution in [3.8, 4) is 29.1 Å². The van der Waals surface area contributed by atoms with Crippen molar-refractivity contribution >= 4 is 0 Å². The maximum absolute atomic E-state index is 13.9. The first-order chi connectivity index (χ1) is 16.4. The summed E-state index contributed by atoms with van der Waals surface area (Å²) in [5.74, 6) is 1.19. The van der Waals surface area contributed by atoms with Crippen molar-refractivity contribution < 1.29 is 18.9 Å². The molecule has 1 atom stereocenters. The van der Waals surface area contributed by atoms with Gasteiger partial charge in [-0.1, -0.05) is 18.2 Å². The number of ether oxygens (including phenoxy) is 4. The summed E-state index contributed by atoms with van der Waals surface area (Å²) >= 11 is 0. The van der Waals surface area contributed by atoms with Gasteiger partial charge in [-0.3, -0.25) is 4.79 Å². The van der Waals surface area contributed by atoms with Crippen LogP contribution in [0.5, 0.6) is 23.0 Å². The Morgan fingerprint density at radius 3 is 2.47 bits per heavy atom. The largest absolute Gasteiger partial charge is 0.497 e. The lowest BCUT2D eigenvalue weighted by Crippen LogP contribution is -2.33. The second kappa shape index (κ2) is 9.24. The Hall–Kier alpha value is -4.38. The number of hydrogen-bond donors (Lipinski definition) is 1. The van der Waals surface area contributed by atoms with Crippen LogP contribution in [0.3, 0.4) is 0 Å². The highest BCUT2D eigenvalue weighted by Gasteiger charge is 2.36. The Balaban J connectivity index is 1.97. The number of rotatable bonds is 6. The molecule has 0 amide bonds. The van der Waals surface area contributed by atoms with Crippen molar-refractivity contribution in [2.45, 2.75) is 19.4 Å². The number of nitrogens with zero attached hydrogens (tertiary/aromatic N) is 2. The number of methoxy groups -OCH3 is 3. The van der Waals surface area contributed by atoms with Crippen LogP contribution in [-0.4, -0.2) is 25.9 Å². The molecule has 0 fully saturated rings. The Morgan fingerprint density at radius 2 is 1.79 bits per heavy atom. The fourth-order valence-corrected chi connectivity index (χ4v) is 4.26. The number of aryl methyl sites for hydroxylation is 1. The number of allylic oxidation sites excluding steroid dienone is 1. The first-order valence-electron chi connectivity index (χ1n) is 10.6. The molecule has 0 saturated heterocycles.